The minimum absolute atomic E-state index is 0.0325. The molecule has 0 N–H and O–H groups in total. The van der Waals surface area contributed by atoms with E-state index >= 15 is 0 Å². The third kappa shape index (κ3) is 3.50. The molecule has 0 spiro atoms. The molecule has 0 bridgehead atoms. The maximum atomic E-state index is 12.8. The van der Waals surface area contributed by atoms with Crippen LogP contribution in [0.4, 0.5) is 0 Å². The highest BCUT2D eigenvalue weighted by molar-refractivity contribution is 8.26. The van der Waals surface area contributed by atoms with Gasteiger partial charge in [0, 0.05) is 35.8 Å². The fraction of sp³-hybridized carbons (Fsp3) is 0.143. The van der Waals surface area contributed by atoms with Crippen LogP contribution >= 0.6 is 24.0 Å². The SMILES string of the molecule is CC(C)N1C(=O)/C(=C\c2cn(-c3ccccc3)nc2-c2ccncc2)SC1=S. The molecule has 7 heteroatoms. The molecule has 140 valence electrons. The van der Waals surface area contributed by atoms with Crippen molar-refractivity contribution in [2.45, 2.75) is 19.9 Å². The van der Waals surface area contributed by atoms with E-state index in [1.807, 2.05) is 73.3 Å². The summed E-state index contributed by atoms with van der Waals surface area (Å²) in [5.41, 5.74) is 3.54. The lowest BCUT2D eigenvalue weighted by molar-refractivity contribution is -0.123. The number of thioether (sulfide) groups is 1. The summed E-state index contributed by atoms with van der Waals surface area (Å²) in [6, 6.07) is 13.7. The topological polar surface area (TPSA) is 51.0 Å². The van der Waals surface area contributed by atoms with Crippen LogP contribution in [0.15, 0.2) is 66.0 Å². The van der Waals surface area contributed by atoms with Crippen molar-refractivity contribution in [2.75, 3.05) is 0 Å². The number of pyridine rings is 1. The average Bonchev–Trinajstić information content (AvgIpc) is 3.24. The maximum absolute atomic E-state index is 12.8. The Labute approximate surface area is 173 Å². The van der Waals surface area contributed by atoms with Gasteiger partial charge in [-0.25, -0.2) is 4.68 Å². The highest BCUT2D eigenvalue weighted by Gasteiger charge is 2.34. The van der Waals surface area contributed by atoms with Crippen LogP contribution in [-0.4, -0.2) is 35.9 Å². The Hall–Kier alpha value is -2.77. The van der Waals surface area contributed by atoms with Crippen molar-refractivity contribution in [3.05, 3.63) is 71.5 Å². The fourth-order valence-electron chi connectivity index (χ4n) is 3.01. The second-order valence-corrected chi connectivity index (χ2v) is 8.27. The first-order valence-corrected chi connectivity index (χ1v) is 10.1. The summed E-state index contributed by atoms with van der Waals surface area (Å²) in [5.74, 6) is -0.0573. The van der Waals surface area contributed by atoms with E-state index in [9.17, 15) is 4.79 Å². The predicted molar refractivity (Wildman–Crippen MR) is 117 cm³/mol. The summed E-state index contributed by atoms with van der Waals surface area (Å²) in [6.07, 6.45) is 7.29. The van der Waals surface area contributed by atoms with Gasteiger partial charge >= 0.3 is 0 Å². The zero-order valence-electron chi connectivity index (χ0n) is 15.4. The molecule has 1 amide bonds. The summed E-state index contributed by atoms with van der Waals surface area (Å²) in [4.78, 5) is 19.2. The van der Waals surface area contributed by atoms with Gasteiger partial charge in [0.25, 0.3) is 5.91 Å². The molecular weight excluding hydrogens is 388 g/mol. The molecule has 0 unspecified atom stereocenters. The second-order valence-electron chi connectivity index (χ2n) is 6.59. The summed E-state index contributed by atoms with van der Waals surface area (Å²) < 4.78 is 2.41. The Kier molecular flexibility index (Phi) is 5.11. The standard InChI is InChI=1S/C21H18N4OS2/c1-14(2)25-20(26)18(28-21(25)27)12-16-13-24(17-6-4-3-5-7-17)23-19(16)15-8-10-22-11-9-15/h3-14H,1-2H3/b18-12+. The lowest BCUT2D eigenvalue weighted by Gasteiger charge is -2.18. The molecule has 0 aliphatic carbocycles. The molecule has 1 aliphatic heterocycles. The lowest BCUT2D eigenvalue weighted by Crippen LogP contribution is -2.34. The number of hydrogen-bond donors (Lipinski definition) is 0. The molecule has 0 saturated carbocycles. The van der Waals surface area contributed by atoms with Crippen molar-refractivity contribution in [2.24, 2.45) is 0 Å². The molecule has 1 aliphatic rings. The first-order chi connectivity index (χ1) is 13.5. The van der Waals surface area contributed by atoms with E-state index in [0.717, 1.165) is 22.5 Å². The maximum Gasteiger partial charge on any atom is 0.266 e. The third-order valence-corrected chi connectivity index (χ3v) is 5.67. The quantitative estimate of drug-likeness (QED) is 0.470. The average molecular weight is 407 g/mol. The summed E-state index contributed by atoms with van der Waals surface area (Å²) >= 11 is 6.73. The van der Waals surface area contributed by atoms with Gasteiger partial charge in [0.1, 0.15) is 10.0 Å². The van der Waals surface area contributed by atoms with Crippen molar-refractivity contribution in [3.63, 3.8) is 0 Å². The highest BCUT2D eigenvalue weighted by atomic mass is 32.2. The zero-order chi connectivity index (χ0) is 19.7. The van der Waals surface area contributed by atoms with Gasteiger partial charge in [-0.3, -0.25) is 14.7 Å². The van der Waals surface area contributed by atoms with Gasteiger partial charge in [0.05, 0.1) is 10.6 Å². The van der Waals surface area contributed by atoms with E-state index in [1.165, 1.54) is 11.8 Å². The van der Waals surface area contributed by atoms with Crippen molar-refractivity contribution in [1.82, 2.24) is 19.7 Å². The van der Waals surface area contributed by atoms with Gasteiger partial charge in [-0.15, -0.1) is 0 Å². The van der Waals surface area contributed by atoms with Crippen molar-refractivity contribution < 1.29 is 4.79 Å². The van der Waals surface area contributed by atoms with E-state index in [2.05, 4.69) is 4.98 Å². The van der Waals surface area contributed by atoms with Crippen molar-refractivity contribution in [1.29, 1.82) is 0 Å². The zero-order valence-corrected chi connectivity index (χ0v) is 17.1. The molecule has 5 nitrogen and oxygen atoms in total. The molecule has 3 aromatic rings. The minimum atomic E-state index is -0.0573. The van der Waals surface area contributed by atoms with E-state index < -0.39 is 0 Å². The third-order valence-electron chi connectivity index (χ3n) is 4.34. The summed E-state index contributed by atoms with van der Waals surface area (Å²) in [6.45, 7) is 3.92. The van der Waals surface area contributed by atoms with Crippen molar-refractivity contribution in [3.8, 4) is 16.9 Å². The fourth-order valence-corrected chi connectivity index (χ4v) is 4.52. The van der Waals surface area contributed by atoms with Crippen molar-refractivity contribution >= 4 is 40.3 Å². The number of benzene rings is 1. The van der Waals surface area contributed by atoms with Crippen LogP contribution in [0, 0.1) is 0 Å². The highest BCUT2D eigenvalue weighted by Crippen LogP contribution is 2.35. The normalized spacial score (nSPS) is 15.8. The van der Waals surface area contributed by atoms with E-state index in [0.29, 0.717) is 9.23 Å². The molecular formula is C21H18N4OS2. The Morgan fingerprint density at radius 2 is 1.82 bits per heavy atom. The van der Waals surface area contributed by atoms with Crippen LogP contribution < -0.4 is 0 Å². The van der Waals surface area contributed by atoms with Crippen LogP contribution in [0.2, 0.25) is 0 Å². The Bertz CT molecular complexity index is 1060. The number of hydrogen-bond acceptors (Lipinski definition) is 5. The van der Waals surface area contributed by atoms with Gasteiger partial charge in [0.15, 0.2) is 0 Å². The first kappa shape index (κ1) is 18.6. The number of carbonyl (C=O) groups is 1. The molecule has 1 fully saturated rings. The smallest absolute Gasteiger partial charge is 0.266 e. The van der Waals surface area contributed by atoms with E-state index in [1.54, 1.807) is 17.3 Å². The molecule has 0 radical (unpaired) electrons. The molecule has 2 aromatic heterocycles. The molecule has 1 saturated heterocycles. The molecule has 3 heterocycles. The number of para-hydroxylation sites is 1. The predicted octanol–water partition coefficient (Wildman–Crippen LogP) is 4.54. The Balaban J connectivity index is 1.81. The number of aromatic nitrogens is 3. The van der Waals surface area contributed by atoms with Gasteiger partial charge in [-0.1, -0.05) is 42.2 Å². The minimum Gasteiger partial charge on any atom is -0.290 e. The number of thiocarbonyl (C=S) groups is 1. The van der Waals surface area contributed by atoms with Gasteiger partial charge in [-0.05, 0) is 44.2 Å². The lowest BCUT2D eigenvalue weighted by atomic mass is 10.1. The van der Waals surface area contributed by atoms with Crippen LogP contribution in [0.1, 0.15) is 19.4 Å². The van der Waals surface area contributed by atoms with E-state index in [4.69, 9.17) is 17.3 Å². The number of rotatable bonds is 4. The molecule has 1 aromatic carbocycles. The first-order valence-electron chi connectivity index (χ1n) is 8.87. The van der Waals surface area contributed by atoms with Crippen LogP contribution in [-0.2, 0) is 4.79 Å². The van der Waals surface area contributed by atoms with Crippen LogP contribution in [0.25, 0.3) is 23.0 Å². The van der Waals surface area contributed by atoms with Crippen LogP contribution in [0.3, 0.4) is 0 Å². The second kappa shape index (κ2) is 7.69. The Morgan fingerprint density at radius 1 is 1.11 bits per heavy atom. The Morgan fingerprint density at radius 3 is 2.46 bits per heavy atom. The molecule has 4 rings (SSSR count). The number of amides is 1. The monoisotopic (exact) mass is 406 g/mol. The van der Waals surface area contributed by atoms with Crippen LogP contribution in [0.5, 0.6) is 0 Å². The summed E-state index contributed by atoms with van der Waals surface area (Å²) in [7, 11) is 0. The van der Waals surface area contributed by atoms with E-state index in [-0.39, 0.29) is 11.9 Å². The van der Waals surface area contributed by atoms with Gasteiger partial charge in [-0.2, -0.15) is 5.10 Å². The summed E-state index contributed by atoms with van der Waals surface area (Å²) in [5, 5.41) is 4.77. The largest absolute Gasteiger partial charge is 0.290 e. The molecule has 28 heavy (non-hydrogen) atoms. The van der Waals surface area contributed by atoms with Gasteiger partial charge in [0.2, 0.25) is 0 Å². The number of carbonyl (C=O) groups excluding carboxylic acids is 1. The van der Waals surface area contributed by atoms with Gasteiger partial charge < -0.3 is 0 Å². The number of nitrogens with zero attached hydrogens (tertiary/aromatic N) is 4. The molecule has 0 atom stereocenters.